The highest BCUT2D eigenvalue weighted by atomic mass is 16.2. The van der Waals surface area contributed by atoms with Gasteiger partial charge in [-0.15, -0.1) is 0 Å². The molecule has 1 aromatic carbocycles. The molecule has 8 heteroatoms. The van der Waals surface area contributed by atoms with Crippen molar-refractivity contribution in [2.24, 2.45) is 0 Å². The molecule has 28 heavy (non-hydrogen) atoms. The monoisotopic (exact) mass is 380 g/mol. The average molecular weight is 380 g/mol. The fourth-order valence-corrected chi connectivity index (χ4v) is 2.76. The molecule has 0 saturated carbocycles. The number of carbonyl (C=O) groups is 2. The van der Waals surface area contributed by atoms with E-state index < -0.39 is 0 Å². The number of rotatable bonds is 5. The minimum absolute atomic E-state index is 0.00584. The normalized spacial score (nSPS) is 11.1. The molecule has 2 heterocycles. The highest BCUT2D eigenvalue weighted by Gasteiger charge is 2.14. The van der Waals surface area contributed by atoms with E-state index in [0.29, 0.717) is 16.9 Å². The maximum atomic E-state index is 12.7. The fraction of sp³-hybridized carbons (Fsp3) is 0.300. The number of para-hydroxylation sites is 2. The summed E-state index contributed by atoms with van der Waals surface area (Å²) in [5.74, 6) is -0.315. The molecule has 3 rings (SSSR count). The van der Waals surface area contributed by atoms with Crippen molar-refractivity contribution in [1.82, 2.24) is 20.1 Å². The lowest BCUT2D eigenvalue weighted by Crippen LogP contribution is -2.34. The van der Waals surface area contributed by atoms with Crippen LogP contribution < -0.4 is 16.0 Å². The molecule has 0 radical (unpaired) electrons. The quantitative estimate of drug-likeness (QED) is 0.627. The van der Waals surface area contributed by atoms with Gasteiger partial charge in [0, 0.05) is 23.7 Å². The summed E-state index contributed by atoms with van der Waals surface area (Å²) in [5, 5.41) is 13.4. The zero-order valence-electron chi connectivity index (χ0n) is 16.4. The molecule has 0 atom stereocenters. The predicted molar refractivity (Wildman–Crippen MR) is 110 cm³/mol. The van der Waals surface area contributed by atoms with Crippen molar-refractivity contribution < 1.29 is 9.59 Å². The van der Waals surface area contributed by atoms with Crippen molar-refractivity contribution in [3.8, 4) is 0 Å². The summed E-state index contributed by atoms with van der Waals surface area (Å²) in [6.45, 7) is 7.79. The van der Waals surface area contributed by atoms with Crippen LogP contribution in [0.1, 0.15) is 44.1 Å². The van der Waals surface area contributed by atoms with Crippen molar-refractivity contribution in [3.63, 3.8) is 0 Å². The maximum Gasteiger partial charge on any atom is 0.319 e. The van der Waals surface area contributed by atoms with E-state index >= 15 is 0 Å². The van der Waals surface area contributed by atoms with E-state index in [1.807, 2.05) is 32.4 Å². The predicted octanol–water partition coefficient (Wildman–Crippen LogP) is 3.79. The Morgan fingerprint density at radius 1 is 1.00 bits per heavy atom. The van der Waals surface area contributed by atoms with Crippen molar-refractivity contribution in [2.75, 3.05) is 10.6 Å². The van der Waals surface area contributed by atoms with E-state index in [4.69, 9.17) is 0 Å². The van der Waals surface area contributed by atoms with Crippen molar-refractivity contribution in [2.45, 2.75) is 39.8 Å². The Labute approximate surface area is 163 Å². The summed E-state index contributed by atoms with van der Waals surface area (Å²) in [4.78, 5) is 29.1. The highest BCUT2D eigenvalue weighted by Crippen LogP contribution is 2.23. The van der Waals surface area contributed by atoms with Gasteiger partial charge >= 0.3 is 6.03 Å². The van der Waals surface area contributed by atoms with Crippen LogP contribution in [0.3, 0.4) is 0 Å². The second-order valence-electron chi connectivity index (χ2n) is 7.07. The average Bonchev–Trinajstić information content (AvgIpc) is 3.06. The molecule has 0 aliphatic rings. The van der Waals surface area contributed by atoms with E-state index in [0.717, 1.165) is 11.0 Å². The van der Waals surface area contributed by atoms with Gasteiger partial charge in [0.25, 0.3) is 5.91 Å². The van der Waals surface area contributed by atoms with Gasteiger partial charge in [-0.25, -0.2) is 14.5 Å². The SMILES string of the molecule is CC(C)NC(=O)Nc1ccccc1NC(=O)c1cnc2c(cnn2C(C)C)c1. The number of hydrogen-bond donors (Lipinski definition) is 3. The van der Waals surface area contributed by atoms with Crippen LogP contribution in [0.5, 0.6) is 0 Å². The maximum absolute atomic E-state index is 12.7. The molecule has 0 saturated heterocycles. The van der Waals surface area contributed by atoms with Gasteiger partial charge in [-0.05, 0) is 45.9 Å². The number of anilines is 2. The number of nitrogens with one attached hydrogen (secondary N) is 3. The molecule has 0 aliphatic carbocycles. The van der Waals surface area contributed by atoms with Gasteiger partial charge in [0.1, 0.15) is 0 Å². The number of aromatic nitrogens is 3. The van der Waals surface area contributed by atoms with Crippen LogP contribution in [0, 0.1) is 0 Å². The van der Waals surface area contributed by atoms with Crippen LogP contribution in [0.15, 0.2) is 42.7 Å². The van der Waals surface area contributed by atoms with E-state index in [9.17, 15) is 9.59 Å². The lowest BCUT2D eigenvalue weighted by Gasteiger charge is -2.14. The summed E-state index contributed by atoms with van der Waals surface area (Å²) in [5.41, 5.74) is 2.16. The molecule has 3 amide bonds. The van der Waals surface area contributed by atoms with Gasteiger partial charge < -0.3 is 16.0 Å². The summed E-state index contributed by atoms with van der Waals surface area (Å²) >= 11 is 0. The molecule has 0 unspecified atom stereocenters. The van der Waals surface area contributed by atoms with Gasteiger partial charge in [-0.3, -0.25) is 4.79 Å². The first-order valence-electron chi connectivity index (χ1n) is 9.16. The third kappa shape index (κ3) is 4.28. The van der Waals surface area contributed by atoms with Gasteiger partial charge in [0.05, 0.1) is 23.1 Å². The Hall–Kier alpha value is -3.42. The molecule has 3 N–H and O–H groups in total. The minimum Gasteiger partial charge on any atom is -0.336 e. The lowest BCUT2D eigenvalue weighted by molar-refractivity contribution is 0.102. The lowest BCUT2D eigenvalue weighted by atomic mass is 10.2. The topological polar surface area (TPSA) is 101 Å². The first kappa shape index (κ1) is 19.3. The first-order chi connectivity index (χ1) is 13.3. The van der Waals surface area contributed by atoms with Crippen molar-refractivity contribution in [3.05, 3.63) is 48.3 Å². The Morgan fingerprint density at radius 2 is 1.68 bits per heavy atom. The number of pyridine rings is 1. The number of urea groups is 1. The molecule has 0 fully saturated rings. The fourth-order valence-electron chi connectivity index (χ4n) is 2.76. The van der Waals surface area contributed by atoms with E-state index in [2.05, 4.69) is 26.0 Å². The molecule has 146 valence electrons. The Kier molecular flexibility index (Phi) is 5.58. The molecule has 0 aliphatic heterocycles. The van der Waals surface area contributed by atoms with E-state index in [1.54, 1.807) is 36.5 Å². The highest BCUT2D eigenvalue weighted by molar-refractivity contribution is 6.08. The molecule has 0 bridgehead atoms. The van der Waals surface area contributed by atoms with Crippen LogP contribution in [-0.2, 0) is 0 Å². The molecular formula is C20H24N6O2. The van der Waals surface area contributed by atoms with Crippen LogP contribution >= 0.6 is 0 Å². The van der Waals surface area contributed by atoms with Crippen LogP contribution in [0.4, 0.5) is 16.2 Å². The molecule has 0 spiro atoms. The Bertz CT molecular complexity index is 1010. The number of hydrogen-bond acceptors (Lipinski definition) is 4. The molecule has 8 nitrogen and oxygen atoms in total. The van der Waals surface area contributed by atoms with Crippen LogP contribution in [-0.4, -0.2) is 32.7 Å². The van der Waals surface area contributed by atoms with Crippen molar-refractivity contribution >= 4 is 34.3 Å². The first-order valence-corrected chi connectivity index (χ1v) is 9.16. The van der Waals surface area contributed by atoms with E-state index in [1.165, 1.54) is 6.20 Å². The Balaban J connectivity index is 1.80. The molecule has 3 aromatic rings. The number of carbonyl (C=O) groups excluding carboxylic acids is 2. The summed E-state index contributed by atoms with van der Waals surface area (Å²) in [6.07, 6.45) is 3.23. The van der Waals surface area contributed by atoms with Gasteiger partial charge in [-0.1, -0.05) is 12.1 Å². The van der Waals surface area contributed by atoms with Gasteiger partial charge in [-0.2, -0.15) is 5.10 Å². The standard InChI is InChI=1S/C20H24N6O2/c1-12(2)23-20(28)25-17-8-6-5-7-16(17)24-19(27)15-9-14-11-22-26(13(3)4)18(14)21-10-15/h5-13H,1-4H3,(H,24,27)(H2,23,25,28). The molecular weight excluding hydrogens is 356 g/mol. The van der Waals surface area contributed by atoms with Gasteiger partial charge in [0.2, 0.25) is 0 Å². The number of fused-ring (bicyclic) bond motifs is 1. The zero-order chi connectivity index (χ0) is 20.3. The largest absolute Gasteiger partial charge is 0.336 e. The summed E-state index contributed by atoms with van der Waals surface area (Å²) in [6, 6.07) is 8.64. The smallest absolute Gasteiger partial charge is 0.319 e. The number of benzene rings is 1. The summed E-state index contributed by atoms with van der Waals surface area (Å²) in [7, 11) is 0. The summed E-state index contributed by atoms with van der Waals surface area (Å²) < 4.78 is 1.81. The van der Waals surface area contributed by atoms with Crippen LogP contribution in [0.2, 0.25) is 0 Å². The second-order valence-corrected chi connectivity index (χ2v) is 7.07. The van der Waals surface area contributed by atoms with Crippen LogP contribution in [0.25, 0.3) is 11.0 Å². The van der Waals surface area contributed by atoms with Gasteiger partial charge in [0.15, 0.2) is 5.65 Å². The molecule has 2 aromatic heterocycles. The third-order valence-electron chi connectivity index (χ3n) is 4.03. The van der Waals surface area contributed by atoms with E-state index in [-0.39, 0.29) is 24.0 Å². The zero-order valence-corrected chi connectivity index (χ0v) is 16.4. The van der Waals surface area contributed by atoms with Crippen molar-refractivity contribution in [1.29, 1.82) is 0 Å². The second kappa shape index (κ2) is 8.08. The number of nitrogens with zero attached hydrogens (tertiary/aromatic N) is 3. The minimum atomic E-state index is -0.333. The Morgan fingerprint density at radius 3 is 2.32 bits per heavy atom. The number of amides is 3. The third-order valence-corrected chi connectivity index (χ3v) is 4.03.